The third-order valence-electron chi connectivity index (χ3n) is 2.75. The van der Waals surface area contributed by atoms with Crippen LogP contribution in [0.25, 0.3) is 0 Å². The summed E-state index contributed by atoms with van der Waals surface area (Å²) in [5.74, 6) is 0. The number of halogens is 1. The largest absolute Gasteiger partial charge is 0.399 e. The van der Waals surface area contributed by atoms with Gasteiger partial charge in [-0.3, -0.25) is 0 Å². The quantitative estimate of drug-likeness (QED) is 0.844. The predicted octanol–water partition coefficient (Wildman–Crippen LogP) is 4.11. The van der Waals surface area contributed by atoms with E-state index in [4.69, 9.17) is 5.73 Å². The minimum absolute atomic E-state index is 0.762. The number of aryl methyl sites for hydroxylation is 1. The molecule has 0 aliphatic carbocycles. The Balaban J connectivity index is 2.36. The summed E-state index contributed by atoms with van der Waals surface area (Å²) in [7, 11) is 2.04. The molecule has 0 aromatic heterocycles. The van der Waals surface area contributed by atoms with Crippen molar-refractivity contribution in [1.29, 1.82) is 0 Å². The van der Waals surface area contributed by atoms with Crippen LogP contribution in [0.1, 0.15) is 5.56 Å². The zero-order valence-corrected chi connectivity index (χ0v) is 11.5. The minimum Gasteiger partial charge on any atom is -0.399 e. The lowest BCUT2D eigenvalue weighted by Gasteiger charge is -2.21. The maximum Gasteiger partial charge on any atom is 0.0554 e. The van der Waals surface area contributed by atoms with Gasteiger partial charge in [0, 0.05) is 22.9 Å². The lowest BCUT2D eigenvalue weighted by molar-refractivity contribution is 1.20. The molecule has 2 nitrogen and oxygen atoms in total. The minimum atomic E-state index is 0.762. The fourth-order valence-corrected chi connectivity index (χ4v) is 2.37. The van der Waals surface area contributed by atoms with Crippen LogP contribution in [-0.2, 0) is 0 Å². The number of nitrogen functional groups attached to an aromatic ring is 1. The third-order valence-corrected chi connectivity index (χ3v) is 3.39. The van der Waals surface area contributed by atoms with Gasteiger partial charge in [-0.05, 0) is 53.2 Å². The highest BCUT2D eigenvalue weighted by molar-refractivity contribution is 9.10. The van der Waals surface area contributed by atoms with Crippen molar-refractivity contribution >= 4 is 33.0 Å². The molecule has 0 radical (unpaired) electrons. The molecule has 0 unspecified atom stereocenters. The maximum absolute atomic E-state index is 5.74. The average Bonchev–Trinajstić information content (AvgIpc) is 2.29. The van der Waals surface area contributed by atoms with Crippen molar-refractivity contribution in [2.45, 2.75) is 6.92 Å². The first kappa shape index (κ1) is 12.0. The molecule has 88 valence electrons. The molecule has 2 rings (SSSR count). The highest BCUT2D eigenvalue weighted by atomic mass is 79.9. The highest BCUT2D eigenvalue weighted by Crippen LogP contribution is 2.32. The van der Waals surface area contributed by atoms with Crippen LogP contribution < -0.4 is 10.6 Å². The molecule has 2 aromatic carbocycles. The van der Waals surface area contributed by atoms with Crippen LogP contribution in [-0.4, -0.2) is 7.05 Å². The molecule has 0 heterocycles. The number of hydrogen-bond acceptors (Lipinski definition) is 2. The molecule has 0 saturated heterocycles. The summed E-state index contributed by atoms with van der Waals surface area (Å²) in [6.07, 6.45) is 0. The summed E-state index contributed by atoms with van der Waals surface area (Å²) in [6, 6.07) is 14.3. The molecule has 0 saturated carbocycles. The Hall–Kier alpha value is -1.48. The Labute approximate surface area is 110 Å². The topological polar surface area (TPSA) is 29.3 Å². The third kappa shape index (κ3) is 2.61. The van der Waals surface area contributed by atoms with Gasteiger partial charge in [-0.2, -0.15) is 0 Å². The average molecular weight is 291 g/mol. The highest BCUT2D eigenvalue weighted by Gasteiger charge is 2.07. The van der Waals surface area contributed by atoms with E-state index in [1.807, 2.05) is 25.2 Å². The van der Waals surface area contributed by atoms with Crippen molar-refractivity contribution in [2.75, 3.05) is 17.7 Å². The first-order valence-corrected chi connectivity index (χ1v) is 6.22. The SMILES string of the molecule is Cc1ccc(N(C)c2ccc(N)cc2Br)cc1. The molecule has 2 aromatic rings. The lowest BCUT2D eigenvalue weighted by Crippen LogP contribution is -2.10. The second-order valence-electron chi connectivity index (χ2n) is 4.11. The summed E-state index contributed by atoms with van der Waals surface area (Å²) >= 11 is 3.54. The zero-order valence-electron chi connectivity index (χ0n) is 9.94. The first-order chi connectivity index (χ1) is 8.08. The van der Waals surface area contributed by atoms with Gasteiger partial charge in [-0.1, -0.05) is 17.7 Å². The van der Waals surface area contributed by atoms with Crippen LogP contribution >= 0.6 is 15.9 Å². The van der Waals surface area contributed by atoms with Crippen molar-refractivity contribution < 1.29 is 0 Å². The fraction of sp³-hybridized carbons (Fsp3) is 0.143. The summed E-state index contributed by atoms with van der Waals surface area (Å²) in [4.78, 5) is 2.13. The van der Waals surface area contributed by atoms with Crippen LogP contribution in [0.3, 0.4) is 0 Å². The summed E-state index contributed by atoms with van der Waals surface area (Å²) < 4.78 is 1.00. The van der Waals surface area contributed by atoms with E-state index in [2.05, 4.69) is 52.0 Å². The molecule has 0 aliphatic rings. The van der Waals surface area contributed by atoms with E-state index >= 15 is 0 Å². The number of anilines is 3. The molecule has 0 amide bonds. The Morgan fingerprint density at radius 1 is 1.06 bits per heavy atom. The fourth-order valence-electron chi connectivity index (χ4n) is 1.70. The van der Waals surface area contributed by atoms with Gasteiger partial charge in [-0.15, -0.1) is 0 Å². The van der Waals surface area contributed by atoms with Gasteiger partial charge in [0.25, 0.3) is 0 Å². The molecule has 2 N–H and O–H groups in total. The molecular weight excluding hydrogens is 276 g/mol. The van der Waals surface area contributed by atoms with Crippen molar-refractivity contribution in [2.24, 2.45) is 0 Å². The lowest BCUT2D eigenvalue weighted by atomic mass is 10.2. The van der Waals surface area contributed by atoms with Gasteiger partial charge in [0.2, 0.25) is 0 Å². The molecule has 0 fully saturated rings. The zero-order chi connectivity index (χ0) is 12.4. The van der Waals surface area contributed by atoms with Crippen molar-refractivity contribution in [3.05, 3.63) is 52.5 Å². The van der Waals surface area contributed by atoms with Gasteiger partial charge in [-0.25, -0.2) is 0 Å². The number of nitrogens with zero attached hydrogens (tertiary/aromatic N) is 1. The van der Waals surface area contributed by atoms with E-state index in [0.717, 1.165) is 21.5 Å². The Bertz CT molecular complexity index is 520. The van der Waals surface area contributed by atoms with E-state index in [1.54, 1.807) is 0 Å². The normalized spacial score (nSPS) is 10.3. The number of nitrogens with two attached hydrogens (primary N) is 1. The van der Waals surface area contributed by atoms with Crippen molar-refractivity contribution in [1.82, 2.24) is 0 Å². The molecule has 0 atom stereocenters. The molecule has 0 bridgehead atoms. The molecule has 0 spiro atoms. The molecule has 17 heavy (non-hydrogen) atoms. The Morgan fingerprint density at radius 2 is 1.71 bits per heavy atom. The van der Waals surface area contributed by atoms with Gasteiger partial charge in [0.05, 0.1) is 5.69 Å². The van der Waals surface area contributed by atoms with Crippen molar-refractivity contribution in [3.8, 4) is 0 Å². The summed E-state index contributed by atoms with van der Waals surface area (Å²) in [5.41, 5.74) is 10.0. The van der Waals surface area contributed by atoms with Crippen LogP contribution in [0, 0.1) is 6.92 Å². The second-order valence-corrected chi connectivity index (χ2v) is 4.96. The maximum atomic E-state index is 5.74. The molecular formula is C14H15BrN2. The monoisotopic (exact) mass is 290 g/mol. The van der Waals surface area contributed by atoms with Crippen LogP contribution in [0.2, 0.25) is 0 Å². The Morgan fingerprint density at radius 3 is 2.29 bits per heavy atom. The van der Waals surface area contributed by atoms with E-state index in [-0.39, 0.29) is 0 Å². The predicted molar refractivity (Wildman–Crippen MR) is 77.8 cm³/mol. The molecule has 0 aliphatic heterocycles. The van der Waals surface area contributed by atoms with E-state index in [1.165, 1.54) is 5.56 Å². The number of hydrogen-bond donors (Lipinski definition) is 1. The smallest absolute Gasteiger partial charge is 0.0554 e. The van der Waals surface area contributed by atoms with Gasteiger partial charge >= 0.3 is 0 Å². The molecule has 3 heteroatoms. The van der Waals surface area contributed by atoms with Crippen molar-refractivity contribution in [3.63, 3.8) is 0 Å². The second kappa shape index (κ2) is 4.80. The van der Waals surface area contributed by atoms with E-state index in [0.29, 0.717) is 0 Å². The van der Waals surface area contributed by atoms with Gasteiger partial charge < -0.3 is 10.6 Å². The van der Waals surface area contributed by atoms with E-state index in [9.17, 15) is 0 Å². The van der Waals surface area contributed by atoms with Crippen LogP contribution in [0.5, 0.6) is 0 Å². The Kier molecular flexibility index (Phi) is 3.38. The van der Waals surface area contributed by atoms with Gasteiger partial charge in [0.1, 0.15) is 0 Å². The number of benzene rings is 2. The first-order valence-electron chi connectivity index (χ1n) is 5.43. The van der Waals surface area contributed by atoms with E-state index < -0.39 is 0 Å². The van der Waals surface area contributed by atoms with Gasteiger partial charge in [0.15, 0.2) is 0 Å². The van der Waals surface area contributed by atoms with Crippen LogP contribution in [0.4, 0.5) is 17.1 Å². The summed E-state index contributed by atoms with van der Waals surface area (Å²) in [6.45, 7) is 2.09. The summed E-state index contributed by atoms with van der Waals surface area (Å²) in [5, 5.41) is 0. The number of rotatable bonds is 2. The standard InChI is InChI=1S/C14H15BrN2/c1-10-3-6-12(7-4-10)17(2)14-8-5-11(16)9-13(14)15/h3-9H,16H2,1-2H3. The van der Waals surface area contributed by atoms with Crippen LogP contribution in [0.15, 0.2) is 46.9 Å².